The van der Waals surface area contributed by atoms with Crippen LogP contribution in [0.2, 0.25) is 0 Å². The van der Waals surface area contributed by atoms with Gasteiger partial charge in [-0.1, -0.05) is 30.8 Å². The van der Waals surface area contributed by atoms with Crippen LogP contribution in [0.1, 0.15) is 44.0 Å². The average molecular weight is 310 g/mol. The number of aryl methyl sites for hydroxylation is 1. The standard InChI is InChI=1S/C14H22N4O2S/c1-4-9-10(5-2)16-17-14(12(9)13(15)18-19)21-11-6-7-20-8(11)3/h8,11,19H,4-7H2,1-3H3,(H2,15,18). The Kier molecular flexibility index (Phi) is 5.41. The van der Waals surface area contributed by atoms with E-state index in [0.717, 1.165) is 47.7 Å². The third-order valence-electron chi connectivity index (χ3n) is 3.75. The Bertz CT molecular complexity index is 536. The number of rotatable bonds is 5. The summed E-state index contributed by atoms with van der Waals surface area (Å²) in [5.41, 5.74) is 8.52. The predicted octanol–water partition coefficient (Wildman–Crippen LogP) is 1.97. The van der Waals surface area contributed by atoms with Crippen LogP contribution < -0.4 is 5.73 Å². The Morgan fingerprint density at radius 3 is 2.71 bits per heavy atom. The number of hydrogen-bond donors (Lipinski definition) is 2. The van der Waals surface area contributed by atoms with E-state index < -0.39 is 0 Å². The molecule has 0 aromatic carbocycles. The molecular weight excluding hydrogens is 288 g/mol. The molecule has 2 unspecified atom stereocenters. The van der Waals surface area contributed by atoms with Crippen molar-refractivity contribution >= 4 is 17.6 Å². The van der Waals surface area contributed by atoms with Gasteiger partial charge in [0, 0.05) is 11.9 Å². The van der Waals surface area contributed by atoms with E-state index in [1.54, 1.807) is 11.8 Å². The van der Waals surface area contributed by atoms with E-state index in [-0.39, 0.29) is 11.9 Å². The monoisotopic (exact) mass is 310 g/mol. The largest absolute Gasteiger partial charge is 0.409 e. The molecule has 116 valence electrons. The number of hydrogen-bond acceptors (Lipinski definition) is 6. The van der Waals surface area contributed by atoms with Gasteiger partial charge in [0.1, 0.15) is 5.03 Å². The first-order chi connectivity index (χ1) is 10.1. The molecule has 2 heterocycles. The Labute approximate surface area is 129 Å². The molecule has 6 nitrogen and oxygen atoms in total. The predicted molar refractivity (Wildman–Crippen MR) is 83.0 cm³/mol. The van der Waals surface area contributed by atoms with Crippen molar-refractivity contribution < 1.29 is 9.94 Å². The Morgan fingerprint density at radius 1 is 1.43 bits per heavy atom. The third-order valence-corrected chi connectivity index (χ3v) is 5.18. The molecule has 0 amide bonds. The molecule has 0 spiro atoms. The van der Waals surface area contributed by atoms with Crippen molar-refractivity contribution in [3.63, 3.8) is 0 Å². The highest BCUT2D eigenvalue weighted by Gasteiger charge is 2.28. The second-order valence-corrected chi connectivity index (χ2v) is 6.25. The summed E-state index contributed by atoms with van der Waals surface area (Å²) in [4.78, 5) is 0. The highest BCUT2D eigenvalue weighted by atomic mass is 32.2. The number of amidine groups is 1. The zero-order chi connectivity index (χ0) is 15.4. The lowest BCUT2D eigenvalue weighted by atomic mass is 10.0. The van der Waals surface area contributed by atoms with E-state index in [1.165, 1.54) is 0 Å². The summed E-state index contributed by atoms with van der Waals surface area (Å²) in [6.45, 7) is 6.89. The van der Waals surface area contributed by atoms with Crippen LogP contribution in [0.25, 0.3) is 0 Å². The summed E-state index contributed by atoms with van der Waals surface area (Å²) in [5.74, 6) is 0.102. The number of thioether (sulfide) groups is 1. The molecule has 21 heavy (non-hydrogen) atoms. The van der Waals surface area contributed by atoms with Gasteiger partial charge in [-0.25, -0.2) is 0 Å². The van der Waals surface area contributed by atoms with Crippen LogP contribution in [-0.2, 0) is 17.6 Å². The van der Waals surface area contributed by atoms with Gasteiger partial charge in [0.05, 0.1) is 17.4 Å². The van der Waals surface area contributed by atoms with Gasteiger partial charge in [-0.05, 0) is 31.7 Å². The van der Waals surface area contributed by atoms with Crippen LogP contribution >= 0.6 is 11.8 Å². The molecule has 1 aromatic heterocycles. The van der Waals surface area contributed by atoms with Gasteiger partial charge in [-0.3, -0.25) is 0 Å². The molecular formula is C14H22N4O2S. The molecule has 2 atom stereocenters. The fraction of sp³-hybridized carbons (Fsp3) is 0.643. The minimum Gasteiger partial charge on any atom is -0.409 e. The van der Waals surface area contributed by atoms with Gasteiger partial charge >= 0.3 is 0 Å². The number of nitrogens with zero attached hydrogens (tertiary/aromatic N) is 3. The molecule has 1 saturated heterocycles. The summed E-state index contributed by atoms with van der Waals surface area (Å²) >= 11 is 1.61. The second-order valence-electron chi connectivity index (χ2n) is 5.02. The SMILES string of the molecule is CCc1nnc(SC2CCOC2C)c(C(N)=NO)c1CC. The first-order valence-electron chi connectivity index (χ1n) is 7.26. The van der Waals surface area contributed by atoms with E-state index in [4.69, 9.17) is 15.7 Å². The summed E-state index contributed by atoms with van der Waals surface area (Å²) < 4.78 is 5.59. The van der Waals surface area contributed by atoms with Crippen LogP contribution in [0.15, 0.2) is 10.2 Å². The molecule has 1 aliphatic heterocycles. The summed E-state index contributed by atoms with van der Waals surface area (Å²) in [6.07, 6.45) is 2.69. The highest BCUT2D eigenvalue weighted by Crippen LogP contribution is 2.34. The third kappa shape index (κ3) is 3.29. The quantitative estimate of drug-likeness (QED) is 0.374. The number of oxime groups is 1. The zero-order valence-electron chi connectivity index (χ0n) is 12.7. The number of ether oxygens (including phenoxy) is 1. The topological polar surface area (TPSA) is 93.6 Å². The second kappa shape index (κ2) is 7.09. The molecule has 7 heteroatoms. The lowest BCUT2D eigenvalue weighted by Gasteiger charge is -2.17. The minimum absolute atomic E-state index is 0.102. The molecule has 0 bridgehead atoms. The highest BCUT2D eigenvalue weighted by molar-refractivity contribution is 8.00. The smallest absolute Gasteiger partial charge is 0.173 e. The molecule has 0 aliphatic carbocycles. The normalized spacial score (nSPS) is 22.7. The molecule has 1 fully saturated rings. The minimum atomic E-state index is 0.102. The van der Waals surface area contributed by atoms with E-state index in [2.05, 4.69) is 22.3 Å². The van der Waals surface area contributed by atoms with E-state index in [1.807, 2.05) is 13.8 Å². The van der Waals surface area contributed by atoms with Crippen molar-refractivity contribution in [1.29, 1.82) is 0 Å². The van der Waals surface area contributed by atoms with Crippen molar-refractivity contribution in [3.05, 3.63) is 16.8 Å². The Hall–Kier alpha value is -1.34. The van der Waals surface area contributed by atoms with Crippen LogP contribution in [0.5, 0.6) is 0 Å². The molecule has 0 radical (unpaired) electrons. The summed E-state index contributed by atoms with van der Waals surface area (Å²) in [5, 5.41) is 21.9. The fourth-order valence-corrected chi connectivity index (χ4v) is 3.77. The average Bonchev–Trinajstić information content (AvgIpc) is 2.91. The lowest BCUT2D eigenvalue weighted by Crippen LogP contribution is -2.22. The van der Waals surface area contributed by atoms with Gasteiger partial charge in [-0.15, -0.1) is 5.10 Å². The number of aromatic nitrogens is 2. The van der Waals surface area contributed by atoms with Gasteiger partial charge < -0.3 is 15.7 Å². The van der Waals surface area contributed by atoms with Crippen molar-refractivity contribution in [1.82, 2.24) is 10.2 Å². The van der Waals surface area contributed by atoms with Crippen molar-refractivity contribution in [2.24, 2.45) is 10.9 Å². The van der Waals surface area contributed by atoms with E-state index >= 15 is 0 Å². The van der Waals surface area contributed by atoms with Crippen LogP contribution in [-0.4, -0.2) is 39.2 Å². The molecule has 2 rings (SSSR count). The lowest BCUT2D eigenvalue weighted by molar-refractivity contribution is 0.127. The van der Waals surface area contributed by atoms with Crippen LogP contribution in [0, 0.1) is 0 Å². The fourth-order valence-electron chi connectivity index (χ4n) is 2.56. The Morgan fingerprint density at radius 2 is 2.19 bits per heavy atom. The van der Waals surface area contributed by atoms with Gasteiger partial charge in [0.25, 0.3) is 0 Å². The molecule has 1 aliphatic rings. The van der Waals surface area contributed by atoms with Crippen LogP contribution in [0.3, 0.4) is 0 Å². The van der Waals surface area contributed by atoms with Gasteiger partial charge in [0.15, 0.2) is 5.84 Å². The Balaban J connectivity index is 2.44. The zero-order valence-corrected chi connectivity index (χ0v) is 13.5. The molecule has 3 N–H and O–H groups in total. The van der Waals surface area contributed by atoms with Crippen LogP contribution in [0.4, 0.5) is 0 Å². The maximum atomic E-state index is 9.09. The van der Waals surface area contributed by atoms with Crippen molar-refractivity contribution in [2.45, 2.75) is 56.4 Å². The first kappa shape index (κ1) is 16.0. The van der Waals surface area contributed by atoms with Crippen molar-refractivity contribution in [3.8, 4) is 0 Å². The maximum absolute atomic E-state index is 9.09. The first-order valence-corrected chi connectivity index (χ1v) is 8.14. The summed E-state index contributed by atoms with van der Waals surface area (Å²) in [7, 11) is 0. The van der Waals surface area contributed by atoms with E-state index in [9.17, 15) is 0 Å². The van der Waals surface area contributed by atoms with E-state index in [0.29, 0.717) is 5.25 Å². The molecule has 0 saturated carbocycles. The molecule has 1 aromatic rings. The van der Waals surface area contributed by atoms with Gasteiger partial charge in [-0.2, -0.15) is 5.10 Å². The maximum Gasteiger partial charge on any atom is 0.173 e. The number of nitrogens with two attached hydrogens (primary N) is 1. The van der Waals surface area contributed by atoms with Gasteiger partial charge in [0.2, 0.25) is 0 Å². The summed E-state index contributed by atoms with van der Waals surface area (Å²) in [6, 6.07) is 0. The van der Waals surface area contributed by atoms with Crippen molar-refractivity contribution in [2.75, 3.05) is 6.61 Å².